The monoisotopic (exact) mass is 355 g/mol. The van der Waals surface area contributed by atoms with Gasteiger partial charge in [-0.05, 0) is 63.0 Å². The highest BCUT2D eigenvalue weighted by atomic mass is 16.5. The molecule has 0 spiro atoms. The maximum Gasteiger partial charge on any atom is 0.320 e. The predicted molar refractivity (Wildman–Crippen MR) is 105 cm³/mol. The summed E-state index contributed by atoms with van der Waals surface area (Å²) in [5.41, 5.74) is 2.59. The van der Waals surface area contributed by atoms with Gasteiger partial charge in [0.25, 0.3) is 0 Å². The SMILES string of the molecule is CCOC(=O)CN(C)CCCCOc1ccc(Cc2ccccc2)cc1. The molecule has 140 valence electrons. The number of hydrogen-bond acceptors (Lipinski definition) is 4. The molecular formula is C22H29NO3. The smallest absolute Gasteiger partial charge is 0.320 e. The van der Waals surface area contributed by atoms with Gasteiger partial charge in [0.1, 0.15) is 5.75 Å². The normalized spacial score (nSPS) is 10.7. The van der Waals surface area contributed by atoms with Gasteiger partial charge in [-0.1, -0.05) is 42.5 Å². The zero-order valence-electron chi connectivity index (χ0n) is 15.8. The highest BCUT2D eigenvalue weighted by Crippen LogP contribution is 2.15. The third kappa shape index (κ3) is 7.70. The molecule has 0 aliphatic heterocycles. The lowest BCUT2D eigenvalue weighted by Gasteiger charge is -2.15. The number of nitrogens with zero attached hydrogens (tertiary/aromatic N) is 1. The van der Waals surface area contributed by atoms with E-state index >= 15 is 0 Å². The Morgan fingerprint density at radius 2 is 1.65 bits per heavy atom. The second-order valence-electron chi connectivity index (χ2n) is 6.40. The van der Waals surface area contributed by atoms with E-state index in [0.717, 1.165) is 31.6 Å². The Labute approximate surface area is 156 Å². The van der Waals surface area contributed by atoms with Crippen LogP contribution in [-0.2, 0) is 16.0 Å². The lowest BCUT2D eigenvalue weighted by atomic mass is 10.1. The topological polar surface area (TPSA) is 38.8 Å². The summed E-state index contributed by atoms with van der Waals surface area (Å²) >= 11 is 0. The highest BCUT2D eigenvalue weighted by Gasteiger charge is 2.06. The number of rotatable bonds is 11. The van der Waals surface area contributed by atoms with Crippen LogP contribution in [0.15, 0.2) is 54.6 Å². The molecule has 0 radical (unpaired) electrons. The Balaban J connectivity index is 1.62. The Morgan fingerprint density at radius 3 is 2.35 bits per heavy atom. The van der Waals surface area contributed by atoms with Crippen molar-refractivity contribution in [3.05, 3.63) is 65.7 Å². The molecule has 0 unspecified atom stereocenters. The number of hydrogen-bond donors (Lipinski definition) is 0. The summed E-state index contributed by atoms with van der Waals surface area (Å²) in [5.74, 6) is 0.739. The van der Waals surface area contributed by atoms with Crippen molar-refractivity contribution >= 4 is 5.97 Å². The minimum Gasteiger partial charge on any atom is -0.494 e. The van der Waals surface area contributed by atoms with Gasteiger partial charge in [0.05, 0.1) is 19.8 Å². The lowest BCUT2D eigenvalue weighted by molar-refractivity contribution is -0.144. The van der Waals surface area contributed by atoms with Gasteiger partial charge < -0.3 is 9.47 Å². The zero-order chi connectivity index (χ0) is 18.6. The molecule has 0 fully saturated rings. The summed E-state index contributed by atoms with van der Waals surface area (Å²) < 4.78 is 10.7. The molecule has 2 aromatic rings. The van der Waals surface area contributed by atoms with Gasteiger partial charge in [0.2, 0.25) is 0 Å². The molecule has 0 amide bonds. The summed E-state index contributed by atoms with van der Waals surface area (Å²) in [6, 6.07) is 18.8. The lowest BCUT2D eigenvalue weighted by Crippen LogP contribution is -2.28. The zero-order valence-corrected chi connectivity index (χ0v) is 15.8. The van der Waals surface area contributed by atoms with Crippen molar-refractivity contribution in [3.63, 3.8) is 0 Å². The number of likely N-dealkylation sites (N-methyl/N-ethyl adjacent to an activating group) is 1. The van der Waals surface area contributed by atoms with Gasteiger partial charge in [-0.25, -0.2) is 0 Å². The summed E-state index contributed by atoms with van der Waals surface area (Å²) in [5, 5.41) is 0. The molecule has 0 saturated carbocycles. The van der Waals surface area contributed by atoms with Crippen molar-refractivity contribution in [2.75, 3.05) is 33.4 Å². The summed E-state index contributed by atoms with van der Waals surface area (Å²) in [6.45, 7) is 4.15. The van der Waals surface area contributed by atoms with E-state index in [1.54, 1.807) is 0 Å². The van der Waals surface area contributed by atoms with E-state index in [-0.39, 0.29) is 5.97 Å². The Bertz CT molecular complexity index is 640. The standard InChI is InChI=1S/C22H29NO3/c1-3-25-22(24)18-23(2)15-7-8-16-26-21-13-11-20(12-14-21)17-19-9-5-4-6-10-19/h4-6,9-14H,3,7-8,15-18H2,1-2H3. The Morgan fingerprint density at radius 1 is 0.962 bits per heavy atom. The van der Waals surface area contributed by atoms with Crippen molar-refractivity contribution in [1.29, 1.82) is 0 Å². The fraction of sp³-hybridized carbons (Fsp3) is 0.409. The van der Waals surface area contributed by atoms with Gasteiger partial charge in [-0.15, -0.1) is 0 Å². The highest BCUT2D eigenvalue weighted by molar-refractivity contribution is 5.71. The molecule has 2 aromatic carbocycles. The number of benzene rings is 2. The first-order valence-electron chi connectivity index (χ1n) is 9.27. The fourth-order valence-corrected chi connectivity index (χ4v) is 2.71. The van der Waals surface area contributed by atoms with E-state index in [1.807, 2.05) is 37.1 Å². The molecule has 4 heteroatoms. The molecule has 26 heavy (non-hydrogen) atoms. The molecule has 0 aliphatic carbocycles. The first kappa shape index (κ1) is 20.0. The van der Waals surface area contributed by atoms with Gasteiger partial charge in [0.15, 0.2) is 0 Å². The van der Waals surface area contributed by atoms with Crippen LogP contribution in [0.25, 0.3) is 0 Å². The van der Waals surface area contributed by atoms with Crippen LogP contribution in [0.2, 0.25) is 0 Å². The summed E-state index contributed by atoms with van der Waals surface area (Å²) in [7, 11) is 1.93. The number of carbonyl (C=O) groups excluding carboxylic acids is 1. The van der Waals surface area contributed by atoms with Crippen LogP contribution in [0.3, 0.4) is 0 Å². The molecule has 0 aliphatic rings. The minimum absolute atomic E-state index is 0.165. The Hall–Kier alpha value is -2.33. The largest absolute Gasteiger partial charge is 0.494 e. The third-order valence-corrected chi connectivity index (χ3v) is 4.08. The van der Waals surface area contributed by atoms with Gasteiger partial charge >= 0.3 is 5.97 Å². The van der Waals surface area contributed by atoms with Crippen LogP contribution in [-0.4, -0.2) is 44.2 Å². The number of carbonyl (C=O) groups is 1. The predicted octanol–water partition coefficient (Wildman–Crippen LogP) is 3.93. The van der Waals surface area contributed by atoms with Crippen LogP contribution >= 0.6 is 0 Å². The number of ether oxygens (including phenoxy) is 2. The van der Waals surface area contributed by atoms with Crippen LogP contribution in [0.5, 0.6) is 5.75 Å². The van der Waals surface area contributed by atoms with Crippen LogP contribution < -0.4 is 4.74 Å². The maximum absolute atomic E-state index is 11.4. The van der Waals surface area contributed by atoms with Crippen molar-refractivity contribution in [2.24, 2.45) is 0 Å². The van der Waals surface area contributed by atoms with E-state index in [9.17, 15) is 4.79 Å². The van der Waals surface area contributed by atoms with Crippen molar-refractivity contribution < 1.29 is 14.3 Å². The Kier molecular flexibility index (Phi) is 8.70. The van der Waals surface area contributed by atoms with E-state index < -0.39 is 0 Å². The molecule has 0 saturated heterocycles. The van der Waals surface area contributed by atoms with Crippen molar-refractivity contribution in [3.8, 4) is 5.75 Å². The third-order valence-electron chi connectivity index (χ3n) is 4.08. The molecule has 0 N–H and O–H groups in total. The maximum atomic E-state index is 11.4. The quantitative estimate of drug-likeness (QED) is 0.452. The second-order valence-corrected chi connectivity index (χ2v) is 6.40. The van der Waals surface area contributed by atoms with Gasteiger partial charge in [-0.3, -0.25) is 9.69 Å². The molecule has 0 heterocycles. The fourth-order valence-electron chi connectivity index (χ4n) is 2.71. The van der Waals surface area contributed by atoms with Crippen molar-refractivity contribution in [2.45, 2.75) is 26.2 Å². The number of esters is 1. The molecular weight excluding hydrogens is 326 g/mol. The van der Waals surface area contributed by atoms with Gasteiger partial charge in [-0.2, -0.15) is 0 Å². The molecule has 0 bridgehead atoms. The molecule has 4 nitrogen and oxygen atoms in total. The summed E-state index contributed by atoms with van der Waals surface area (Å²) in [6.07, 6.45) is 2.88. The van der Waals surface area contributed by atoms with Crippen molar-refractivity contribution in [1.82, 2.24) is 4.90 Å². The molecule has 2 rings (SSSR count). The van der Waals surface area contributed by atoms with Crippen LogP contribution in [0, 0.1) is 0 Å². The average molecular weight is 355 g/mol. The first-order chi connectivity index (χ1) is 12.7. The van der Waals surface area contributed by atoms with E-state index in [4.69, 9.17) is 9.47 Å². The van der Waals surface area contributed by atoms with E-state index in [1.165, 1.54) is 11.1 Å². The van der Waals surface area contributed by atoms with Crippen LogP contribution in [0.1, 0.15) is 30.9 Å². The van der Waals surface area contributed by atoms with E-state index in [2.05, 4.69) is 36.4 Å². The van der Waals surface area contributed by atoms with Crippen LogP contribution in [0.4, 0.5) is 0 Å². The minimum atomic E-state index is -0.165. The second kappa shape index (κ2) is 11.3. The van der Waals surface area contributed by atoms with E-state index in [0.29, 0.717) is 19.8 Å². The number of unbranched alkanes of at least 4 members (excludes halogenated alkanes) is 1. The molecule has 0 atom stereocenters. The molecule has 0 aromatic heterocycles. The average Bonchev–Trinajstić information content (AvgIpc) is 2.64. The summed E-state index contributed by atoms with van der Waals surface area (Å²) in [4.78, 5) is 13.4. The first-order valence-corrected chi connectivity index (χ1v) is 9.27. The van der Waals surface area contributed by atoms with Gasteiger partial charge in [0, 0.05) is 0 Å².